The van der Waals surface area contributed by atoms with E-state index in [9.17, 15) is 13.2 Å². The zero-order valence-electron chi connectivity index (χ0n) is 18.6. The van der Waals surface area contributed by atoms with E-state index in [-0.39, 0.29) is 22.4 Å². The van der Waals surface area contributed by atoms with Crippen LogP contribution in [-0.2, 0) is 4.74 Å². The van der Waals surface area contributed by atoms with E-state index in [2.05, 4.69) is 6.92 Å². The molecule has 1 heterocycles. The molecule has 2 nitrogen and oxygen atoms in total. The summed E-state index contributed by atoms with van der Waals surface area (Å²) in [6.07, 6.45) is 7.70. The molecule has 2 atom stereocenters. The standard InChI is InChI=1S/C26H33F3O2/c1-3-5-7-8-18-9-13-23(31-17-18)21-12-11-20(25(28)26(21)29)19-10-14-24(22(27)16-19)30-15-6-4-2/h10-12,14,16,18,23H,3-9,13,15,17H2,1-2H3. The van der Waals surface area contributed by atoms with Crippen LogP contribution in [0.4, 0.5) is 13.2 Å². The summed E-state index contributed by atoms with van der Waals surface area (Å²) in [5, 5.41) is 0. The first-order valence-corrected chi connectivity index (χ1v) is 11.6. The Morgan fingerprint density at radius 2 is 1.74 bits per heavy atom. The SMILES string of the molecule is CCCCCC1CCC(c2ccc(-c3ccc(OCCCC)c(F)c3)c(F)c2F)OC1. The molecule has 0 N–H and O–H groups in total. The molecule has 0 radical (unpaired) electrons. The molecule has 0 spiro atoms. The Balaban J connectivity index is 1.69. The maximum Gasteiger partial charge on any atom is 0.167 e. The van der Waals surface area contributed by atoms with Gasteiger partial charge in [-0.15, -0.1) is 0 Å². The van der Waals surface area contributed by atoms with Gasteiger partial charge in [-0.25, -0.2) is 13.2 Å². The highest BCUT2D eigenvalue weighted by Crippen LogP contribution is 2.37. The van der Waals surface area contributed by atoms with E-state index >= 15 is 0 Å². The molecule has 1 saturated heterocycles. The van der Waals surface area contributed by atoms with Crippen LogP contribution in [0.15, 0.2) is 30.3 Å². The van der Waals surface area contributed by atoms with Crippen molar-refractivity contribution in [2.24, 2.45) is 5.92 Å². The zero-order valence-corrected chi connectivity index (χ0v) is 18.6. The lowest BCUT2D eigenvalue weighted by Gasteiger charge is -2.29. The van der Waals surface area contributed by atoms with Crippen molar-refractivity contribution in [2.75, 3.05) is 13.2 Å². The molecule has 0 saturated carbocycles. The first-order chi connectivity index (χ1) is 15.0. The van der Waals surface area contributed by atoms with Crippen LogP contribution in [0.3, 0.4) is 0 Å². The van der Waals surface area contributed by atoms with E-state index in [4.69, 9.17) is 9.47 Å². The summed E-state index contributed by atoms with van der Waals surface area (Å²) >= 11 is 0. The normalized spacial score (nSPS) is 18.9. The predicted molar refractivity (Wildman–Crippen MR) is 118 cm³/mol. The number of halogens is 3. The van der Waals surface area contributed by atoms with E-state index in [1.54, 1.807) is 12.1 Å². The van der Waals surface area contributed by atoms with Gasteiger partial charge in [0, 0.05) is 11.1 Å². The van der Waals surface area contributed by atoms with Gasteiger partial charge in [-0.05, 0) is 49.3 Å². The number of rotatable bonds is 10. The van der Waals surface area contributed by atoms with Crippen LogP contribution in [0.5, 0.6) is 5.75 Å². The largest absolute Gasteiger partial charge is 0.491 e. The van der Waals surface area contributed by atoms with Gasteiger partial charge in [-0.3, -0.25) is 0 Å². The van der Waals surface area contributed by atoms with Gasteiger partial charge in [0.1, 0.15) is 0 Å². The molecule has 3 rings (SSSR count). The van der Waals surface area contributed by atoms with Crippen LogP contribution >= 0.6 is 0 Å². The molecule has 2 aromatic rings. The van der Waals surface area contributed by atoms with Gasteiger partial charge in [0.05, 0.1) is 19.3 Å². The van der Waals surface area contributed by atoms with E-state index in [1.807, 2.05) is 6.92 Å². The van der Waals surface area contributed by atoms with Crippen molar-refractivity contribution in [2.45, 2.75) is 71.3 Å². The van der Waals surface area contributed by atoms with Crippen molar-refractivity contribution in [3.8, 4) is 16.9 Å². The van der Waals surface area contributed by atoms with Crippen molar-refractivity contribution >= 4 is 0 Å². The van der Waals surface area contributed by atoms with E-state index < -0.39 is 23.6 Å². The monoisotopic (exact) mass is 434 g/mol. The average Bonchev–Trinajstić information content (AvgIpc) is 2.78. The number of hydrogen-bond acceptors (Lipinski definition) is 2. The Labute approximate surface area is 183 Å². The van der Waals surface area contributed by atoms with E-state index in [0.29, 0.717) is 25.6 Å². The first kappa shape index (κ1) is 23.6. The molecule has 0 aromatic heterocycles. The van der Waals surface area contributed by atoms with Gasteiger partial charge in [0.2, 0.25) is 0 Å². The summed E-state index contributed by atoms with van der Waals surface area (Å²) < 4.78 is 55.4. The number of benzene rings is 2. The molecule has 1 aliphatic heterocycles. The fourth-order valence-electron chi connectivity index (χ4n) is 4.11. The third-order valence-corrected chi connectivity index (χ3v) is 6.04. The minimum absolute atomic E-state index is 0.0357. The van der Waals surface area contributed by atoms with Gasteiger partial charge in [0.25, 0.3) is 0 Å². The highest BCUT2D eigenvalue weighted by molar-refractivity contribution is 5.66. The highest BCUT2D eigenvalue weighted by Gasteiger charge is 2.27. The minimum atomic E-state index is -0.967. The second kappa shape index (κ2) is 11.6. The summed E-state index contributed by atoms with van der Waals surface area (Å²) in [4.78, 5) is 0. The van der Waals surface area contributed by atoms with Crippen LogP contribution in [0, 0.1) is 23.4 Å². The zero-order chi connectivity index (χ0) is 22.2. The maximum absolute atomic E-state index is 14.9. The summed E-state index contributed by atoms with van der Waals surface area (Å²) in [6.45, 7) is 5.21. The number of ether oxygens (including phenoxy) is 2. The summed E-state index contributed by atoms with van der Waals surface area (Å²) in [7, 11) is 0. The average molecular weight is 435 g/mol. The third-order valence-electron chi connectivity index (χ3n) is 6.04. The van der Waals surface area contributed by atoms with Gasteiger partial charge in [-0.2, -0.15) is 0 Å². The summed E-state index contributed by atoms with van der Waals surface area (Å²) in [6, 6.07) is 7.29. The molecule has 1 aliphatic rings. The second-order valence-electron chi connectivity index (χ2n) is 8.44. The van der Waals surface area contributed by atoms with Crippen molar-refractivity contribution < 1.29 is 22.6 Å². The Bertz CT molecular complexity index is 845. The van der Waals surface area contributed by atoms with Gasteiger partial charge in [0.15, 0.2) is 23.2 Å². The van der Waals surface area contributed by atoms with Crippen LogP contribution in [0.1, 0.15) is 76.9 Å². The van der Waals surface area contributed by atoms with E-state index in [1.165, 1.54) is 37.5 Å². The quantitative estimate of drug-likeness (QED) is 0.353. The smallest absolute Gasteiger partial charge is 0.167 e. The lowest BCUT2D eigenvalue weighted by molar-refractivity contribution is -0.0218. The van der Waals surface area contributed by atoms with Crippen LogP contribution in [0.2, 0.25) is 0 Å². The van der Waals surface area contributed by atoms with Crippen molar-refractivity contribution in [3.05, 3.63) is 53.3 Å². The summed E-state index contributed by atoms with van der Waals surface area (Å²) in [5.41, 5.74) is 0.561. The second-order valence-corrected chi connectivity index (χ2v) is 8.44. The first-order valence-electron chi connectivity index (χ1n) is 11.6. The predicted octanol–water partition coefficient (Wildman–Crippen LogP) is 8.00. The molecule has 2 unspecified atom stereocenters. The molecule has 5 heteroatoms. The molecular weight excluding hydrogens is 401 g/mol. The van der Waals surface area contributed by atoms with Gasteiger partial charge in [-0.1, -0.05) is 57.7 Å². The molecular formula is C26H33F3O2. The highest BCUT2D eigenvalue weighted by atomic mass is 19.2. The molecule has 170 valence electrons. The molecule has 0 aliphatic carbocycles. The molecule has 0 amide bonds. The molecule has 2 aromatic carbocycles. The topological polar surface area (TPSA) is 18.5 Å². The Morgan fingerprint density at radius 3 is 2.42 bits per heavy atom. The van der Waals surface area contributed by atoms with Crippen LogP contribution < -0.4 is 4.74 Å². The molecule has 31 heavy (non-hydrogen) atoms. The van der Waals surface area contributed by atoms with Gasteiger partial charge < -0.3 is 9.47 Å². The fourth-order valence-corrected chi connectivity index (χ4v) is 4.11. The van der Waals surface area contributed by atoms with Crippen molar-refractivity contribution in [3.63, 3.8) is 0 Å². The van der Waals surface area contributed by atoms with E-state index in [0.717, 1.165) is 25.7 Å². The molecule has 1 fully saturated rings. The van der Waals surface area contributed by atoms with Crippen molar-refractivity contribution in [1.29, 1.82) is 0 Å². The Hall–Kier alpha value is -2.01. The van der Waals surface area contributed by atoms with Crippen molar-refractivity contribution in [1.82, 2.24) is 0 Å². The van der Waals surface area contributed by atoms with Gasteiger partial charge >= 0.3 is 0 Å². The Kier molecular flexibility index (Phi) is 8.82. The number of unbranched alkanes of at least 4 members (excludes halogenated alkanes) is 3. The third kappa shape index (κ3) is 6.03. The minimum Gasteiger partial charge on any atom is -0.491 e. The summed E-state index contributed by atoms with van der Waals surface area (Å²) in [5.74, 6) is -1.84. The van der Waals surface area contributed by atoms with Crippen LogP contribution in [-0.4, -0.2) is 13.2 Å². The lowest BCUT2D eigenvalue weighted by Crippen LogP contribution is -2.21. The van der Waals surface area contributed by atoms with Crippen LogP contribution in [0.25, 0.3) is 11.1 Å². The number of hydrogen-bond donors (Lipinski definition) is 0. The Morgan fingerprint density at radius 1 is 0.935 bits per heavy atom. The maximum atomic E-state index is 14.9. The molecule has 0 bridgehead atoms. The lowest BCUT2D eigenvalue weighted by atomic mass is 9.90. The fraction of sp³-hybridized carbons (Fsp3) is 0.538.